The van der Waals surface area contributed by atoms with E-state index in [9.17, 15) is 19.8 Å². The minimum absolute atomic E-state index is 0.0126. The van der Waals surface area contributed by atoms with Crippen molar-refractivity contribution in [2.45, 2.75) is 283 Å². The molecule has 6 heteroatoms. The number of aliphatic hydroxyl groups excluding tert-OH is 2. The topological polar surface area (TPSA) is 95.9 Å². The lowest BCUT2D eigenvalue weighted by atomic mass is 10.0. The number of allylic oxidation sites excluding steroid dienone is 15. The molecule has 0 spiro atoms. The first-order valence-corrected chi connectivity index (χ1v) is 29.0. The van der Waals surface area contributed by atoms with E-state index < -0.39 is 18.2 Å². The van der Waals surface area contributed by atoms with Crippen molar-refractivity contribution in [1.29, 1.82) is 0 Å². The van der Waals surface area contributed by atoms with E-state index in [0.29, 0.717) is 19.3 Å². The zero-order chi connectivity index (χ0) is 50.2. The summed E-state index contributed by atoms with van der Waals surface area (Å²) in [7, 11) is 0. The molecule has 69 heavy (non-hydrogen) atoms. The summed E-state index contributed by atoms with van der Waals surface area (Å²) in [5.41, 5.74) is 0. The summed E-state index contributed by atoms with van der Waals surface area (Å²) >= 11 is 0. The maximum Gasteiger partial charge on any atom is 0.306 e. The highest BCUT2D eigenvalue weighted by molar-refractivity contribution is 5.77. The van der Waals surface area contributed by atoms with Crippen molar-refractivity contribution in [3.8, 4) is 0 Å². The minimum Gasteiger partial charge on any atom is -0.461 e. The van der Waals surface area contributed by atoms with Crippen molar-refractivity contribution < 1.29 is 24.5 Å². The first-order chi connectivity index (χ1) is 34.0. The van der Waals surface area contributed by atoms with E-state index in [4.69, 9.17) is 4.74 Å². The summed E-state index contributed by atoms with van der Waals surface area (Å²) in [4.78, 5) is 26.2. The highest BCUT2D eigenvalue weighted by atomic mass is 16.5. The van der Waals surface area contributed by atoms with Crippen LogP contribution in [0.4, 0.5) is 0 Å². The van der Waals surface area contributed by atoms with Crippen LogP contribution in [0.2, 0.25) is 0 Å². The number of esters is 1. The molecular formula is C63H109NO5. The van der Waals surface area contributed by atoms with Crippen molar-refractivity contribution in [1.82, 2.24) is 5.32 Å². The fourth-order valence-electron chi connectivity index (χ4n) is 8.30. The van der Waals surface area contributed by atoms with Gasteiger partial charge in [0, 0.05) is 12.8 Å². The highest BCUT2D eigenvalue weighted by Crippen LogP contribution is 2.17. The van der Waals surface area contributed by atoms with E-state index in [0.717, 1.165) is 83.5 Å². The van der Waals surface area contributed by atoms with Crippen molar-refractivity contribution in [3.63, 3.8) is 0 Å². The van der Waals surface area contributed by atoms with E-state index in [-0.39, 0.29) is 24.9 Å². The molecule has 3 atom stereocenters. The van der Waals surface area contributed by atoms with Gasteiger partial charge in [-0.05, 0) is 70.6 Å². The number of carbonyl (C=O) groups is 2. The molecule has 0 saturated heterocycles. The zero-order valence-corrected chi connectivity index (χ0v) is 45.2. The van der Waals surface area contributed by atoms with Gasteiger partial charge in [0.05, 0.1) is 25.2 Å². The van der Waals surface area contributed by atoms with Crippen molar-refractivity contribution in [2.75, 3.05) is 6.61 Å². The third-order valence-corrected chi connectivity index (χ3v) is 12.7. The summed E-state index contributed by atoms with van der Waals surface area (Å²) in [5, 5.41) is 23.9. The van der Waals surface area contributed by atoms with Crippen LogP contribution in [0.3, 0.4) is 0 Å². The molecule has 1 amide bonds. The Morgan fingerprint density at radius 1 is 0.449 bits per heavy atom. The quantitative estimate of drug-likeness (QED) is 0.0244. The molecule has 0 saturated carbocycles. The van der Waals surface area contributed by atoms with Gasteiger partial charge in [0.2, 0.25) is 5.91 Å². The second-order valence-corrected chi connectivity index (χ2v) is 19.4. The fraction of sp³-hybridized carbons (Fsp3) is 0.714. The third kappa shape index (κ3) is 51.0. The van der Waals surface area contributed by atoms with Crippen LogP contribution in [0.15, 0.2) is 97.2 Å². The summed E-state index contributed by atoms with van der Waals surface area (Å²) in [6, 6.07) is -0.743. The molecule has 0 bridgehead atoms. The molecule has 3 N–H and O–H groups in total. The van der Waals surface area contributed by atoms with E-state index >= 15 is 0 Å². The predicted molar refractivity (Wildman–Crippen MR) is 300 cm³/mol. The van der Waals surface area contributed by atoms with Crippen LogP contribution in [0.25, 0.3) is 0 Å². The van der Waals surface area contributed by atoms with Gasteiger partial charge < -0.3 is 20.3 Å². The molecule has 3 unspecified atom stereocenters. The van der Waals surface area contributed by atoms with E-state index in [2.05, 4.69) is 117 Å². The van der Waals surface area contributed by atoms with Gasteiger partial charge in [0.15, 0.2) is 0 Å². The van der Waals surface area contributed by atoms with Crippen LogP contribution in [0.1, 0.15) is 265 Å². The molecule has 0 aliphatic heterocycles. The first-order valence-electron chi connectivity index (χ1n) is 29.0. The maximum atomic E-state index is 13.3. The SMILES string of the molecule is CCCCC/C=C\C/C=C\C/C=C\C/C=C\CC(CC(=O)NC(CO)C(O)CCCCCCCCCCCCCCCCCCC)OC(=O)CCCCCCC/C=C/C=C/C=C/C=C/CCCCC. The number of unbranched alkanes of at least 4 members (excludes halogenated alkanes) is 27. The average Bonchev–Trinajstić information content (AvgIpc) is 3.34. The normalized spacial score (nSPS) is 13.9. The Morgan fingerprint density at radius 3 is 1.32 bits per heavy atom. The molecule has 0 aliphatic carbocycles. The Hall–Kier alpha value is -3.22. The molecule has 0 heterocycles. The van der Waals surface area contributed by atoms with Crippen LogP contribution >= 0.6 is 0 Å². The first kappa shape index (κ1) is 65.8. The molecule has 0 radical (unpaired) electrons. The minimum atomic E-state index is -0.822. The summed E-state index contributed by atoms with van der Waals surface area (Å²) < 4.78 is 5.88. The molecule has 396 valence electrons. The predicted octanol–water partition coefficient (Wildman–Crippen LogP) is 18.1. The molecule has 0 aromatic rings. The number of rotatable bonds is 51. The van der Waals surface area contributed by atoms with Gasteiger partial charge >= 0.3 is 5.97 Å². The molecular weight excluding hydrogens is 851 g/mol. The Bertz CT molecular complexity index is 1350. The molecule has 0 aliphatic rings. The van der Waals surface area contributed by atoms with Crippen LogP contribution in [-0.2, 0) is 14.3 Å². The van der Waals surface area contributed by atoms with Gasteiger partial charge in [-0.3, -0.25) is 9.59 Å². The van der Waals surface area contributed by atoms with Crippen LogP contribution in [0.5, 0.6) is 0 Å². The Labute approximate surface area is 426 Å². The monoisotopic (exact) mass is 960 g/mol. The number of aliphatic hydroxyl groups is 2. The van der Waals surface area contributed by atoms with Gasteiger partial charge in [-0.25, -0.2) is 0 Å². The standard InChI is InChI=1S/C63H109NO5/c1-4-7-10-13-16-19-22-25-28-30-32-35-38-41-44-47-50-53-56-63(68)69-59(54-51-48-45-42-39-36-33-27-24-21-18-15-12-9-6-3)57-62(67)64-60(58-65)61(66)55-52-49-46-43-40-37-34-31-29-26-23-20-17-14-11-8-5-2/h16,18-19,21-22,25,27-28,30,32-33,35,39,42,48,51,59-61,65-66H,4-15,17,20,23-24,26,29,31,34,36-38,40-41,43-47,49-50,52-58H2,1-3H3,(H,64,67)/b19-16+,21-18-,25-22+,30-28+,33-27-,35-32+,42-39-,51-48-. The Morgan fingerprint density at radius 2 is 0.826 bits per heavy atom. The Kier molecular flexibility index (Phi) is 53.1. The number of nitrogens with one attached hydrogen (secondary N) is 1. The van der Waals surface area contributed by atoms with Gasteiger partial charge in [0.25, 0.3) is 0 Å². The molecule has 0 aromatic heterocycles. The Balaban J connectivity index is 4.70. The average molecular weight is 961 g/mol. The smallest absolute Gasteiger partial charge is 0.306 e. The largest absolute Gasteiger partial charge is 0.461 e. The number of hydrogen-bond donors (Lipinski definition) is 3. The zero-order valence-electron chi connectivity index (χ0n) is 45.2. The third-order valence-electron chi connectivity index (χ3n) is 12.7. The number of hydrogen-bond acceptors (Lipinski definition) is 5. The molecule has 0 fully saturated rings. The van der Waals surface area contributed by atoms with E-state index in [1.165, 1.54) is 135 Å². The number of amides is 1. The lowest BCUT2D eigenvalue weighted by Crippen LogP contribution is -2.46. The second kappa shape index (κ2) is 55.7. The number of ether oxygens (including phenoxy) is 1. The van der Waals surface area contributed by atoms with E-state index in [1.54, 1.807) is 0 Å². The number of carbonyl (C=O) groups excluding carboxylic acids is 2. The van der Waals surface area contributed by atoms with Gasteiger partial charge in [0.1, 0.15) is 6.10 Å². The van der Waals surface area contributed by atoms with Crippen molar-refractivity contribution >= 4 is 11.9 Å². The fourth-order valence-corrected chi connectivity index (χ4v) is 8.30. The molecule has 0 aromatic carbocycles. The lowest BCUT2D eigenvalue weighted by molar-refractivity contribution is -0.150. The summed E-state index contributed by atoms with van der Waals surface area (Å²) in [6.45, 7) is 6.40. The van der Waals surface area contributed by atoms with Crippen molar-refractivity contribution in [3.05, 3.63) is 97.2 Å². The van der Waals surface area contributed by atoms with Crippen LogP contribution < -0.4 is 5.32 Å². The van der Waals surface area contributed by atoms with Gasteiger partial charge in [-0.2, -0.15) is 0 Å². The molecule has 0 rings (SSSR count). The van der Waals surface area contributed by atoms with Crippen LogP contribution in [0, 0.1) is 0 Å². The second-order valence-electron chi connectivity index (χ2n) is 19.4. The summed E-state index contributed by atoms with van der Waals surface area (Å²) in [6.07, 6.45) is 74.8. The van der Waals surface area contributed by atoms with Gasteiger partial charge in [-0.15, -0.1) is 0 Å². The highest BCUT2D eigenvalue weighted by Gasteiger charge is 2.23. The summed E-state index contributed by atoms with van der Waals surface area (Å²) in [5.74, 6) is -0.604. The lowest BCUT2D eigenvalue weighted by Gasteiger charge is -2.24. The van der Waals surface area contributed by atoms with Crippen molar-refractivity contribution in [2.24, 2.45) is 0 Å². The molecule has 6 nitrogen and oxygen atoms in total. The van der Waals surface area contributed by atoms with E-state index in [1.807, 2.05) is 6.08 Å². The van der Waals surface area contributed by atoms with Gasteiger partial charge in [-0.1, -0.05) is 272 Å². The maximum absolute atomic E-state index is 13.3. The van der Waals surface area contributed by atoms with Crippen LogP contribution in [-0.4, -0.2) is 46.9 Å².